The first kappa shape index (κ1) is 13.9. The average molecular weight is 243 g/mol. The number of ether oxygens (including phenoxy) is 1. The molecule has 0 saturated carbocycles. The molecule has 0 fully saturated rings. The first-order valence-electron chi connectivity index (χ1n) is 6.02. The maximum absolute atomic E-state index is 13.1. The third kappa shape index (κ3) is 5.63. The van der Waals surface area contributed by atoms with E-state index in [0.717, 1.165) is 50.6 Å². The summed E-state index contributed by atoms with van der Waals surface area (Å²) in [6.07, 6.45) is 2.91. The van der Waals surface area contributed by atoms with Crippen molar-refractivity contribution in [1.82, 2.24) is 5.32 Å². The van der Waals surface area contributed by atoms with Crippen molar-refractivity contribution >= 4 is 0 Å². The number of unbranched alkanes of at least 4 members (excludes halogenated alkanes) is 1. The van der Waals surface area contributed by atoms with E-state index in [1.807, 2.05) is 0 Å². The van der Waals surface area contributed by atoms with E-state index in [1.54, 1.807) is 0 Å². The van der Waals surface area contributed by atoms with Crippen LogP contribution in [-0.4, -0.2) is 19.7 Å². The number of hydrogen-bond acceptors (Lipinski definition) is 2. The van der Waals surface area contributed by atoms with Gasteiger partial charge >= 0.3 is 0 Å². The summed E-state index contributed by atoms with van der Waals surface area (Å²) < 4.78 is 31.1. The fraction of sp³-hybridized carbons (Fsp3) is 0.538. The Kier molecular flexibility index (Phi) is 6.55. The minimum absolute atomic E-state index is 0.00785. The lowest BCUT2D eigenvalue weighted by atomic mass is 10.3. The molecule has 0 bridgehead atoms. The summed E-state index contributed by atoms with van der Waals surface area (Å²) >= 11 is 0. The zero-order valence-corrected chi connectivity index (χ0v) is 10.1. The number of rotatable bonds is 8. The topological polar surface area (TPSA) is 21.3 Å². The van der Waals surface area contributed by atoms with Crippen LogP contribution in [0.25, 0.3) is 0 Å². The van der Waals surface area contributed by atoms with Crippen LogP contribution >= 0.6 is 0 Å². The van der Waals surface area contributed by atoms with E-state index < -0.39 is 11.6 Å². The molecule has 4 heteroatoms. The molecular weight excluding hydrogens is 224 g/mol. The summed E-state index contributed by atoms with van der Waals surface area (Å²) in [5.41, 5.74) is 0. The number of benzene rings is 1. The van der Waals surface area contributed by atoms with Crippen LogP contribution in [0.15, 0.2) is 18.2 Å². The van der Waals surface area contributed by atoms with Gasteiger partial charge in [-0.1, -0.05) is 6.92 Å². The van der Waals surface area contributed by atoms with Crippen LogP contribution in [0.5, 0.6) is 5.75 Å². The van der Waals surface area contributed by atoms with E-state index in [1.165, 1.54) is 0 Å². The van der Waals surface area contributed by atoms with Gasteiger partial charge in [-0.3, -0.25) is 0 Å². The number of nitrogens with one attached hydrogen (secondary N) is 1. The Morgan fingerprint density at radius 2 is 2.00 bits per heavy atom. The molecule has 0 radical (unpaired) electrons. The number of halogens is 2. The molecule has 0 aliphatic heterocycles. The Labute approximate surface area is 101 Å². The predicted molar refractivity (Wildman–Crippen MR) is 64.2 cm³/mol. The van der Waals surface area contributed by atoms with Gasteiger partial charge in [-0.15, -0.1) is 0 Å². The fourth-order valence-corrected chi connectivity index (χ4v) is 1.42. The molecule has 0 amide bonds. The van der Waals surface area contributed by atoms with Crippen molar-refractivity contribution in [2.24, 2.45) is 0 Å². The van der Waals surface area contributed by atoms with Crippen LogP contribution in [0.2, 0.25) is 0 Å². The zero-order chi connectivity index (χ0) is 12.5. The van der Waals surface area contributed by atoms with Crippen LogP contribution < -0.4 is 10.1 Å². The largest absolute Gasteiger partial charge is 0.490 e. The van der Waals surface area contributed by atoms with Gasteiger partial charge in [0.2, 0.25) is 0 Å². The lowest BCUT2D eigenvalue weighted by molar-refractivity contribution is 0.289. The van der Waals surface area contributed by atoms with Crippen molar-refractivity contribution in [1.29, 1.82) is 0 Å². The van der Waals surface area contributed by atoms with Gasteiger partial charge in [0.1, 0.15) is 5.82 Å². The van der Waals surface area contributed by atoms with Crippen LogP contribution in [0, 0.1) is 11.6 Å². The summed E-state index contributed by atoms with van der Waals surface area (Å²) in [5, 5.41) is 3.26. The Bertz CT molecular complexity index is 331. The van der Waals surface area contributed by atoms with Crippen molar-refractivity contribution in [3.05, 3.63) is 29.8 Å². The van der Waals surface area contributed by atoms with Crippen molar-refractivity contribution in [2.75, 3.05) is 19.7 Å². The first-order chi connectivity index (χ1) is 8.24. The Hall–Kier alpha value is -1.16. The molecule has 2 nitrogen and oxygen atoms in total. The molecule has 0 aliphatic carbocycles. The van der Waals surface area contributed by atoms with Crippen LogP contribution in [-0.2, 0) is 0 Å². The molecule has 0 aromatic heterocycles. The highest BCUT2D eigenvalue weighted by atomic mass is 19.1. The van der Waals surface area contributed by atoms with Gasteiger partial charge in [-0.2, -0.15) is 0 Å². The smallest absolute Gasteiger partial charge is 0.165 e. The third-order valence-corrected chi connectivity index (χ3v) is 2.33. The van der Waals surface area contributed by atoms with Gasteiger partial charge < -0.3 is 10.1 Å². The van der Waals surface area contributed by atoms with Gasteiger partial charge in [0.15, 0.2) is 11.6 Å². The molecule has 1 aromatic carbocycles. The Balaban J connectivity index is 2.15. The Morgan fingerprint density at radius 1 is 1.18 bits per heavy atom. The highest BCUT2D eigenvalue weighted by Gasteiger charge is 2.04. The molecule has 0 unspecified atom stereocenters. The van der Waals surface area contributed by atoms with Gasteiger partial charge in [-0.05, 0) is 44.5 Å². The highest BCUT2D eigenvalue weighted by molar-refractivity contribution is 5.24. The molecular formula is C13H19F2NO. The molecule has 1 N–H and O–H groups in total. The Morgan fingerprint density at radius 3 is 2.76 bits per heavy atom. The standard InChI is InChI=1S/C13H19F2NO/c1-2-7-16-8-3-4-9-17-13-10-11(14)5-6-12(13)15/h5-6,10,16H,2-4,7-9H2,1H3. The molecule has 17 heavy (non-hydrogen) atoms. The molecule has 0 saturated heterocycles. The van der Waals surface area contributed by atoms with E-state index in [-0.39, 0.29) is 5.75 Å². The van der Waals surface area contributed by atoms with Crippen molar-refractivity contribution in [2.45, 2.75) is 26.2 Å². The summed E-state index contributed by atoms with van der Waals surface area (Å²) in [6.45, 7) is 4.47. The van der Waals surface area contributed by atoms with E-state index in [0.29, 0.717) is 6.61 Å². The predicted octanol–water partition coefficient (Wildman–Crippen LogP) is 3.12. The van der Waals surface area contributed by atoms with Crippen molar-refractivity contribution in [3.63, 3.8) is 0 Å². The second kappa shape index (κ2) is 8.01. The average Bonchev–Trinajstić information content (AvgIpc) is 2.32. The summed E-state index contributed by atoms with van der Waals surface area (Å²) in [7, 11) is 0. The van der Waals surface area contributed by atoms with E-state index >= 15 is 0 Å². The minimum atomic E-state index is -0.518. The summed E-state index contributed by atoms with van der Waals surface area (Å²) in [6, 6.07) is 3.23. The van der Waals surface area contributed by atoms with E-state index in [2.05, 4.69) is 12.2 Å². The quantitative estimate of drug-likeness (QED) is 0.708. The van der Waals surface area contributed by atoms with E-state index in [9.17, 15) is 8.78 Å². The molecule has 0 heterocycles. The van der Waals surface area contributed by atoms with Crippen LogP contribution in [0.3, 0.4) is 0 Å². The normalized spacial score (nSPS) is 10.5. The molecule has 1 rings (SSSR count). The van der Waals surface area contributed by atoms with Crippen molar-refractivity contribution < 1.29 is 13.5 Å². The lowest BCUT2D eigenvalue weighted by Gasteiger charge is -2.07. The zero-order valence-electron chi connectivity index (χ0n) is 10.1. The molecule has 0 spiro atoms. The SMILES string of the molecule is CCCNCCCCOc1cc(F)ccc1F. The molecule has 1 aromatic rings. The third-order valence-electron chi connectivity index (χ3n) is 2.33. The van der Waals surface area contributed by atoms with Crippen LogP contribution in [0.1, 0.15) is 26.2 Å². The first-order valence-corrected chi connectivity index (χ1v) is 6.02. The lowest BCUT2D eigenvalue weighted by Crippen LogP contribution is -2.16. The summed E-state index contributed by atoms with van der Waals surface area (Å²) in [5.74, 6) is -1.01. The maximum atomic E-state index is 13.1. The number of hydrogen-bond donors (Lipinski definition) is 1. The fourth-order valence-electron chi connectivity index (χ4n) is 1.42. The van der Waals surface area contributed by atoms with Crippen LogP contribution in [0.4, 0.5) is 8.78 Å². The minimum Gasteiger partial charge on any atom is -0.490 e. The highest BCUT2D eigenvalue weighted by Crippen LogP contribution is 2.18. The van der Waals surface area contributed by atoms with E-state index in [4.69, 9.17) is 4.74 Å². The molecule has 0 atom stereocenters. The van der Waals surface area contributed by atoms with Crippen molar-refractivity contribution in [3.8, 4) is 5.75 Å². The maximum Gasteiger partial charge on any atom is 0.165 e. The second-order valence-corrected chi connectivity index (χ2v) is 3.88. The van der Waals surface area contributed by atoms with Gasteiger partial charge in [0.05, 0.1) is 6.61 Å². The van der Waals surface area contributed by atoms with Gasteiger partial charge in [-0.25, -0.2) is 8.78 Å². The summed E-state index contributed by atoms with van der Waals surface area (Å²) in [4.78, 5) is 0. The monoisotopic (exact) mass is 243 g/mol. The second-order valence-electron chi connectivity index (χ2n) is 3.88. The van der Waals surface area contributed by atoms with Gasteiger partial charge in [0.25, 0.3) is 0 Å². The molecule has 0 aliphatic rings. The van der Waals surface area contributed by atoms with Gasteiger partial charge in [0, 0.05) is 6.07 Å². The molecule has 96 valence electrons.